The van der Waals surface area contributed by atoms with Crippen molar-refractivity contribution in [2.75, 3.05) is 25.1 Å². The maximum atomic E-state index is 12.4. The summed E-state index contributed by atoms with van der Waals surface area (Å²) in [6.45, 7) is 6.59. The Bertz CT molecular complexity index is 725. The van der Waals surface area contributed by atoms with Crippen molar-refractivity contribution in [1.29, 1.82) is 0 Å². The minimum atomic E-state index is -0.0749. The second-order valence-electron chi connectivity index (χ2n) is 7.21. The maximum Gasteiger partial charge on any atom is 0.251 e. The van der Waals surface area contributed by atoms with Crippen LogP contribution < -0.4 is 15.0 Å². The molecule has 4 heteroatoms. The predicted molar refractivity (Wildman–Crippen MR) is 106 cm³/mol. The molecule has 0 aliphatic carbocycles. The second kappa shape index (κ2) is 8.26. The molecule has 2 aromatic rings. The van der Waals surface area contributed by atoms with Gasteiger partial charge in [-0.1, -0.05) is 19.1 Å². The highest BCUT2D eigenvalue weighted by Crippen LogP contribution is 2.24. The van der Waals surface area contributed by atoms with Gasteiger partial charge in [0.2, 0.25) is 0 Å². The lowest BCUT2D eigenvalue weighted by molar-refractivity contribution is 0.0940. The molecule has 4 nitrogen and oxygen atoms in total. The molecule has 138 valence electrons. The fraction of sp³-hybridized carbons (Fsp3) is 0.409. The van der Waals surface area contributed by atoms with Crippen LogP contribution in [-0.4, -0.2) is 26.1 Å². The van der Waals surface area contributed by atoms with Gasteiger partial charge < -0.3 is 15.0 Å². The first-order valence-corrected chi connectivity index (χ1v) is 9.36. The number of hydrogen-bond donors (Lipinski definition) is 1. The van der Waals surface area contributed by atoms with Gasteiger partial charge in [-0.3, -0.25) is 4.79 Å². The normalized spacial score (nSPS) is 18.3. The van der Waals surface area contributed by atoms with Gasteiger partial charge in [-0.15, -0.1) is 0 Å². The summed E-state index contributed by atoms with van der Waals surface area (Å²) < 4.78 is 5.13. The van der Waals surface area contributed by atoms with Crippen molar-refractivity contribution in [2.24, 2.45) is 5.92 Å². The Hall–Kier alpha value is -2.49. The van der Waals surface area contributed by atoms with E-state index in [2.05, 4.69) is 41.4 Å². The lowest BCUT2D eigenvalue weighted by Gasteiger charge is -2.33. The molecule has 1 amide bonds. The van der Waals surface area contributed by atoms with Crippen LogP contribution >= 0.6 is 0 Å². The Morgan fingerprint density at radius 1 is 1.15 bits per heavy atom. The molecule has 26 heavy (non-hydrogen) atoms. The van der Waals surface area contributed by atoms with Crippen LogP contribution in [0.5, 0.6) is 5.75 Å². The molecule has 0 radical (unpaired) electrons. The van der Waals surface area contributed by atoms with E-state index in [4.69, 9.17) is 4.74 Å². The zero-order valence-electron chi connectivity index (χ0n) is 15.9. The first kappa shape index (κ1) is 18.3. The van der Waals surface area contributed by atoms with E-state index in [1.807, 2.05) is 6.92 Å². The summed E-state index contributed by atoms with van der Waals surface area (Å²) in [6.07, 6.45) is 2.58. The summed E-state index contributed by atoms with van der Waals surface area (Å²) in [5, 5.41) is 3.06. The van der Waals surface area contributed by atoms with E-state index in [-0.39, 0.29) is 11.9 Å². The number of carbonyl (C=O) groups is 1. The van der Waals surface area contributed by atoms with Crippen molar-refractivity contribution >= 4 is 11.6 Å². The molecule has 0 aromatic heterocycles. The fourth-order valence-electron chi connectivity index (χ4n) is 3.50. The number of ether oxygens (including phenoxy) is 1. The number of benzene rings is 2. The molecule has 0 bridgehead atoms. The quantitative estimate of drug-likeness (QED) is 0.866. The molecule has 0 spiro atoms. The molecule has 2 atom stereocenters. The van der Waals surface area contributed by atoms with Crippen LogP contribution in [0.3, 0.4) is 0 Å². The summed E-state index contributed by atoms with van der Waals surface area (Å²) >= 11 is 0. The number of methoxy groups -OCH3 is 1. The first-order chi connectivity index (χ1) is 12.6. The average molecular weight is 352 g/mol. The molecular weight excluding hydrogens is 324 g/mol. The molecule has 1 saturated heterocycles. The van der Waals surface area contributed by atoms with Crippen LogP contribution in [0.4, 0.5) is 5.69 Å². The van der Waals surface area contributed by atoms with Gasteiger partial charge in [0.15, 0.2) is 0 Å². The van der Waals surface area contributed by atoms with Gasteiger partial charge in [0.1, 0.15) is 5.75 Å². The smallest absolute Gasteiger partial charge is 0.251 e. The molecule has 2 aromatic carbocycles. The molecule has 1 aliphatic rings. The zero-order chi connectivity index (χ0) is 18.5. The van der Waals surface area contributed by atoms with Crippen molar-refractivity contribution in [2.45, 2.75) is 32.7 Å². The van der Waals surface area contributed by atoms with Crippen molar-refractivity contribution in [1.82, 2.24) is 5.32 Å². The number of anilines is 1. The van der Waals surface area contributed by atoms with Gasteiger partial charge in [-0.2, -0.15) is 0 Å². The predicted octanol–water partition coefficient (Wildman–Crippen LogP) is 4.42. The second-order valence-corrected chi connectivity index (χ2v) is 7.21. The summed E-state index contributed by atoms with van der Waals surface area (Å²) in [4.78, 5) is 14.9. The topological polar surface area (TPSA) is 41.6 Å². The monoisotopic (exact) mass is 352 g/mol. The highest BCUT2D eigenvalue weighted by Gasteiger charge is 2.17. The van der Waals surface area contributed by atoms with Gasteiger partial charge in [-0.05, 0) is 67.6 Å². The van der Waals surface area contributed by atoms with Gasteiger partial charge in [0.05, 0.1) is 13.2 Å². The minimum Gasteiger partial charge on any atom is -0.497 e. The average Bonchev–Trinajstić information content (AvgIpc) is 2.68. The summed E-state index contributed by atoms with van der Waals surface area (Å²) in [6, 6.07) is 15.7. The number of carbonyl (C=O) groups excluding carboxylic acids is 1. The number of nitrogens with zero attached hydrogens (tertiary/aromatic N) is 1. The van der Waals surface area contributed by atoms with Crippen LogP contribution in [0.1, 0.15) is 48.7 Å². The molecule has 1 N–H and O–H groups in total. The van der Waals surface area contributed by atoms with E-state index in [0.29, 0.717) is 5.56 Å². The number of amides is 1. The third kappa shape index (κ3) is 4.37. The van der Waals surface area contributed by atoms with Gasteiger partial charge in [0.25, 0.3) is 5.91 Å². The van der Waals surface area contributed by atoms with Gasteiger partial charge in [0, 0.05) is 24.3 Å². The lowest BCUT2D eigenvalue weighted by Crippen LogP contribution is -2.34. The third-order valence-electron chi connectivity index (χ3n) is 5.12. The molecule has 1 aliphatic heterocycles. The fourth-order valence-corrected chi connectivity index (χ4v) is 3.50. The van der Waals surface area contributed by atoms with Crippen LogP contribution in [-0.2, 0) is 0 Å². The number of piperidine rings is 1. The van der Waals surface area contributed by atoms with Crippen molar-refractivity contribution in [3.63, 3.8) is 0 Å². The van der Waals surface area contributed by atoms with E-state index in [1.165, 1.54) is 18.5 Å². The summed E-state index contributed by atoms with van der Waals surface area (Å²) in [5.41, 5.74) is 3.02. The Kier molecular flexibility index (Phi) is 5.82. The molecular formula is C22H28N2O2. The number of nitrogens with one attached hydrogen (secondary N) is 1. The first-order valence-electron chi connectivity index (χ1n) is 9.36. The van der Waals surface area contributed by atoms with Gasteiger partial charge in [-0.25, -0.2) is 0 Å². The van der Waals surface area contributed by atoms with E-state index in [0.717, 1.165) is 30.3 Å². The molecule has 2 unspecified atom stereocenters. The highest BCUT2D eigenvalue weighted by atomic mass is 16.5. The Labute approximate surface area is 156 Å². The zero-order valence-corrected chi connectivity index (χ0v) is 15.9. The van der Waals surface area contributed by atoms with E-state index in [9.17, 15) is 4.79 Å². The molecule has 0 saturated carbocycles. The SMILES string of the molecule is COc1ccc(C(=O)NC(C)c2ccc(N3CCCC(C)C3)cc2)cc1. The number of rotatable bonds is 5. The summed E-state index contributed by atoms with van der Waals surface area (Å²) in [7, 11) is 1.62. The van der Waals surface area contributed by atoms with Crippen LogP contribution in [0.25, 0.3) is 0 Å². The Morgan fingerprint density at radius 2 is 1.85 bits per heavy atom. The van der Waals surface area contributed by atoms with E-state index < -0.39 is 0 Å². The minimum absolute atomic E-state index is 0.0427. The Morgan fingerprint density at radius 3 is 2.46 bits per heavy atom. The van der Waals surface area contributed by atoms with Crippen molar-refractivity contribution < 1.29 is 9.53 Å². The Balaban J connectivity index is 1.62. The summed E-state index contributed by atoms with van der Waals surface area (Å²) in [5.74, 6) is 1.43. The van der Waals surface area contributed by atoms with Crippen LogP contribution in [0.2, 0.25) is 0 Å². The molecule has 3 rings (SSSR count). The standard InChI is InChI=1S/C22H28N2O2/c1-16-5-4-14-24(15-16)20-10-6-18(7-11-20)17(2)23-22(25)19-8-12-21(26-3)13-9-19/h6-13,16-17H,4-5,14-15H2,1-3H3,(H,23,25). The van der Waals surface area contributed by atoms with E-state index in [1.54, 1.807) is 31.4 Å². The largest absolute Gasteiger partial charge is 0.497 e. The van der Waals surface area contributed by atoms with Crippen molar-refractivity contribution in [3.05, 3.63) is 59.7 Å². The van der Waals surface area contributed by atoms with Crippen LogP contribution in [0, 0.1) is 5.92 Å². The van der Waals surface area contributed by atoms with Gasteiger partial charge >= 0.3 is 0 Å². The number of hydrogen-bond acceptors (Lipinski definition) is 3. The molecule has 1 heterocycles. The highest BCUT2D eigenvalue weighted by molar-refractivity contribution is 5.94. The van der Waals surface area contributed by atoms with E-state index >= 15 is 0 Å². The maximum absolute atomic E-state index is 12.4. The van der Waals surface area contributed by atoms with Crippen molar-refractivity contribution in [3.8, 4) is 5.75 Å². The van der Waals surface area contributed by atoms with Crippen LogP contribution in [0.15, 0.2) is 48.5 Å². The lowest BCUT2D eigenvalue weighted by atomic mass is 9.99. The molecule has 1 fully saturated rings. The third-order valence-corrected chi connectivity index (χ3v) is 5.12.